The molecule has 124 valence electrons. The second kappa shape index (κ2) is 6.96. The molecule has 0 aromatic carbocycles. The third-order valence-corrected chi connectivity index (χ3v) is 3.67. The molecule has 0 bridgehead atoms. The quantitative estimate of drug-likeness (QED) is 0.838. The van der Waals surface area contributed by atoms with E-state index in [-0.39, 0.29) is 17.4 Å². The maximum absolute atomic E-state index is 12.1. The van der Waals surface area contributed by atoms with Crippen LogP contribution in [-0.4, -0.2) is 36.9 Å². The van der Waals surface area contributed by atoms with Crippen LogP contribution in [0.1, 0.15) is 46.5 Å². The Bertz CT molecular complexity index is 353. The van der Waals surface area contributed by atoms with E-state index in [4.69, 9.17) is 10.5 Å². The minimum absolute atomic E-state index is 0.169. The van der Waals surface area contributed by atoms with Gasteiger partial charge in [0.2, 0.25) is 5.91 Å². The van der Waals surface area contributed by atoms with Gasteiger partial charge >= 0.3 is 6.18 Å². The van der Waals surface area contributed by atoms with E-state index < -0.39 is 24.9 Å². The van der Waals surface area contributed by atoms with Gasteiger partial charge in [-0.1, -0.05) is 20.8 Å². The molecule has 1 aliphatic carbocycles. The summed E-state index contributed by atoms with van der Waals surface area (Å²) in [5.74, 6) is -0.260. The van der Waals surface area contributed by atoms with Crippen LogP contribution in [0.3, 0.4) is 0 Å². The number of nitrogens with one attached hydrogen (secondary N) is 1. The van der Waals surface area contributed by atoms with Crippen LogP contribution in [-0.2, 0) is 9.53 Å². The molecule has 0 heterocycles. The normalized spacial score (nSPS) is 25.5. The number of nitrogens with two attached hydrogens (primary N) is 1. The van der Waals surface area contributed by atoms with Gasteiger partial charge in [-0.2, -0.15) is 13.2 Å². The Kier molecular flexibility index (Phi) is 6.04. The fourth-order valence-electron chi connectivity index (χ4n) is 2.32. The molecule has 0 saturated heterocycles. The molecule has 0 aliphatic heterocycles. The molecule has 1 amide bonds. The molecular formula is C14H25F3N2O2. The van der Waals surface area contributed by atoms with Crippen LogP contribution in [0.5, 0.6) is 0 Å². The molecule has 7 heteroatoms. The summed E-state index contributed by atoms with van der Waals surface area (Å²) in [6, 6.07) is -0.813. The number of amides is 1. The van der Waals surface area contributed by atoms with Crippen molar-refractivity contribution in [3.63, 3.8) is 0 Å². The summed E-state index contributed by atoms with van der Waals surface area (Å²) >= 11 is 0. The van der Waals surface area contributed by atoms with Crippen LogP contribution >= 0.6 is 0 Å². The van der Waals surface area contributed by atoms with Crippen molar-refractivity contribution in [2.45, 2.75) is 70.8 Å². The Morgan fingerprint density at radius 2 is 1.95 bits per heavy atom. The topological polar surface area (TPSA) is 64.4 Å². The number of hydrogen-bond donors (Lipinski definition) is 2. The smallest absolute Gasteiger partial charge is 0.369 e. The lowest BCUT2D eigenvalue weighted by molar-refractivity contribution is -0.188. The van der Waals surface area contributed by atoms with Crippen LogP contribution in [0.25, 0.3) is 0 Å². The first-order valence-corrected chi connectivity index (χ1v) is 7.23. The largest absolute Gasteiger partial charge is 0.411 e. The summed E-state index contributed by atoms with van der Waals surface area (Å²) in [6.07, 6.45) is -2.30. The van der Waals surface area contributed by atoms with E-state index in [0.29, 0.717) is 12.8 Å². The molecular weight excluding hydrogens is 285 g/mol. The van der Waals surface area contributed by atoms with E-state index in [1.54, 1.807) is 0 Å². The van der Waals surface area contributed by atoms with E-state index >= 15 is 0 Å². The first-order chi connectivity index (χ1) is 9.49. The van der Waals surface area contributed by atoms with Crippen LogP contribution in [0.15, 0.2) is 0 Å². The fraction of sp³-hybridized carbons (Fsp3) is 0.929. The van der Waals surface area contributed by atoms with Crippen LogP contribution in [0, 0.1) is 5.41 Å². The Balaban J connectivity index is 2.44. The number of alkyl halides is 3. The minimum Gasteiger partial charge on any atom is -0.369 e. The predicted molar refractivity (Wildman–Crippen MR) is 73.6 cm³/mol. The Morgan fingerprint density at radius 1 is 1.33 bits per heavy atom. The van der Waals surface area contributed by atoms with E-state index in [1.165, 1.54) is 0 Å². The Morgan fingerprint density at radius 3 is 2.48 bits per heavy atom. The lowest BCUT2D eigenvalue weighted by Gasteiger charge is -2.32. The van der Waals surface area contributed by atoms with E-state index in [2.05, 4.69) is 5.32 Å². The molecule has 0 aromatic rings. The second-order valence-electron chi connectivity index (χ2n) is 6.76. The molecule has 4 nitrogen and oxygen atoms in total. The first kappa shape index (κ1) is 18.2. The van der Waals surface area contributed by atoms with Gasteiger partial charge in [-0.3, -0.25) is 4.79 Å². The average Bonchev–Trinajstić information content (AvgIpc) is 2.34. The van der Waals surface area contributed by atoms with E-state index in [0.717, 1.165) is 12.8 Å². The minimum atomic E-state index is -4.31. The van der Waals surface area contributed by atoms with Crippen LogP contribution in [0.4, 0.5) is 13.2 Å². The van der Waals surface area contributed by atoms with Gasteiger partial charge in [0.05, 0.1) is 12.1 Å². The molecule has 3 N–H and O–H groups in total. The molecule has 1 fully saturated rings. The highest BCUT2D eigenvalue weighted by Crippen LogP contribution is 2.25. The van der Waals surface area contributed by atoms with E-state index in [1.807, 2.05) is 20.8 Å². The monoisotopic (exact) mass is 310 g/mol. The number of ether oxygens (including phenoxy) is 1. The summed E-state index contributed by atoms with van der Waals surface area (Å²) in [4.78, 5) is 12.0. The van der Waals surface area contributed by atoms with Crippen molar-refractivity contribution in [3.8, 4) is 0 Å². The van der Waals surface area contributed by atoms with Crippen molar-refractivity contribution >= 4 is 5.91 Å². The highest BCUT2D eigenvalue weighted by Gasteiger charge is 2.33. The highest BCUT2D eigenvalue weighted by molar-refractivity contribution is 5.82. The predicted octanol–water partition coefficient (Wildman–Crippen LogP) is 2.37. The number of carbonyl (C=O) groups excluding carboxylic acids is 1. The lowest BCUT2D eigenvalue weighted by atomic mass is 9.86. The zero-order valence-electron chi connectivity index (χ0n) is 12.8. The molecule has 1 rings (SSSR count). The second-order valence-corrected chi connectivity index (χ2v) is 6.76. The third-order valence-electron chi connectivity index (χ3n) is 3.67. The summed E-state index contributed by atoms with van der Waals surface area (Å²) in [6.45, 7) is 4.37. The first-order valence-electron chi connectivity index (χ1n) is 7.23. The lowest BCUT2D eigenvalue weighted by Crippen LogP contribution is -2.52. The number of rotatable bonds is 4. The molecule has 0 radical (unpaired) electrons. The SMILES string of the molecule is CC(C)(C)C(N)C(=O)NC1CCCC(OCC(F)(F)F)C1. The van der Waals surface area contributed by atoms with Crippen molar-refractivity contribution < 1.29 is 22.7 Å². The molecule has 0 aromatic heterocycles. The Labute approximate surface area is 123 Å². The van der Waals surface area contributed by atoms with Gasteiger partial charge < -0.3 is 15.8 Å². The molecule has 0 spiro atoms. The summed E-state index contributed by atoms with van der Waals surface area (Å²) in [5, 5.41) is 2.83. The number of halogens is 3. The highest BCUT2D eigenvalue weighted by atomic mass is 19.4. The maximum Gasteiger partial charge on any atom is 0.411 e. The number of carbonyl (C=O) groups is 1. The van der Waals surface area contributed by atoms with Crippen molar-refractivity contribution in [2.75, 3.05) is 6.61 Å². The van der Waals surface area contributed by atoms with Gasteiger partial charge in [0, 0.05) is 6.04 Å². The van der Waals surface area contributed by atoms with E-state index in [9.17, 15) is 18.0 Å². The average molecular weight is 310 g/mol. The maximum atomic E-state index is 12.1. The zero-order valence-corrected chi connectivity index (χ0v) is 12.8. The zero-order chi connectivity index (χ0) is 16.3. The van der Waals surface area contributed by atoms with Crippen molar-refractivity contribution in [3.05, 3.63) is 0 Å². The fourth-order valence-corrected chi connectivity index (χ4v) is 2.32. The van der Waals surface area contributed by atoms with Crippen molar-refractivity contribution in [1.29, 1.82) is 0 Å². The van der Waals surface area contributed by atoms with Crippen molar-refractivity contribution in [1.82, 2.24) is 5.32 Å². The van der Waals surface area contributed by atoms with Gasteiger partial charge in [-0.25, -0.2) is 0 Å². The summed E-state index contributed by atoms with van der Waals surface area (Å²) < 4.78 is 41.3. The van der Waals surface area contributed by atoms with Gasteiger partial charge in [-0.15, -0.1) is 0 Å². The number of hydrogen-bond acceptors (Lipinski definition) is 3. The molecule has 21 heavy (non-hydrogen) atoms. The third kappa shape index (κ3) is 6.65. The molecule has 1 aliphatic rings. The molecule has 1 saturated carbocycles. The Hall–Kier alpha value is -0.820. The van der Waals surface area contributed by atoms with Gasteiger partial charge in [0.1, 0.15) is 6.61 Å². The summed E-state index contributed by atoms with van der Waals surface area (Å²) in [7, 11) is 0. The molecule has 3 atom stereocenters. The summed E-state index contributed by atoms with van der Waals surface area (Å²) in [5.41, 5.74) is 5.51. The molecule has 3 unspecified atom stereocenters. The van der Waals surface area contributed by atoms with Crippen molar-refractivity contribution in [2.24, 2.45) is 11.1 Å². The van der Waals surface area contributed by atoms with Crippen LogP contribution < -0.4 is 11.1 Å². The van der Waals surface area contributed by atoms with Gasteiger partial charge in [0.25, 0.3) is 0 Å². The van der Waals surface area contributed by atoms with Gasteiger partial charge in [0.15, 0.2) is 0 Å². The van der Waals surface area contributed by atoms with Crippen LogP contribution in [0.2, 0.25) is 0 Å². The van der Waals surface area contributed by atoms with Gasteiger partial charge in [-0.05, 0) is 31.1 Å². The standard InChI is InChI=1S/C14H25F3N2O2/c1-13(2,3)11(18)12(20)19-9-5-4-6-10(7-9)21-8-14(15,16)17/h9-11H,4-8,18H2,1-3H3,(H,19,20).